The second kappa shape index (κ2) is 9.99. The Bertz CT molecular complexity index is 1130. The summed E-state index contributed by atoms with van der Waals surface area (Å²) in [5.74, 6) is 0.492. The lowest BCUT2D eigenvalue weighted by molar-refractivity contribution is -0.121. The third-order valence-corrected chi connectivity index (χ3v) is 6.23. The average molecular weight is 464 g/mol. The summed E-state index contributed by atoms with van der Waals surface area (Å²) in [6.07, 6.45) is 3.74. The summed E-state index contributed by atoms with van der Waals surface area (Å²) in [4.78, 5) is 42.4. The van der Waals surface area contributed by atoms with Gasteiger partial charge in [0.05, 0.1) is 31.0 Å². The zero-order chi connectivity index (χ0) is 24.2. The van der Waals surface area contributed by atoms with Crippen LogP contribution in [-0.2, 0) is 4.79 Å². The molecule has 2 aromatic rings. The van der Waals surface area contributed by atoms with Crippen molar-refractivity contribution in [3.8, 4) is 11.5 Å². The van der Waals surface area contributed by atoms with Gasteiger partial charge in [0.25, 0.3) is 11.8 Å². The Labute approximate surface area is 199 Å². The van der Waals surface area contributed by atoms with Gasteiger partial charge < -0.3 is 19.7 Å². The van der Waals surface area contributed by atoms with E-state index in [-0.39, 0.29) is 17.7 Å². The second-order valence-electron chi connectivity index (χ2n) is 8.23. The van der Waals surface area contributed by atoms with Crippen molar-refractivity contribution in [2.24, 2.45) is 0 Å². The molecule has 0 radical (unpaired) electrons. The molecule has 2 aliphatic rings. The third kappa shape index (κ3) is 4.00. The van der Waals surface area contributed by atoms with Crippen molar-refractivity contribution in [2.75, 3.05) is 32.2 Å². The lowest BCUT2D eigenvalue weighted by atomic mass is 10.0. The number of carbonyl (C=O) groups excluding carboxylic acids is 3. The lowest BCUT2D eigenvalue weighted by Gasteiger charge is -2.41. The number of ether oxygens (including phenoxy) is 2. The highest BCUT2D eigenvalue weighted by Gasteiger charge is 2.49. The number of benzene rings is 2. The fraction of sp³-hybridized carbons (Fsp3) is 0.346. The molecule has 2 aromatic carbocycles. The molecule has 4 rings (SSSR count). The van der Waals surface area contributed by atoms with E-state index in [1.165, 1.54) is 14.2 Å². The molecule has 0 fully saturated rings. The van der Waals surface area contributed by atoms with Crippen LogP contribution in [0.25, 0.3) is 0 Å². The minimum atomic E-state index is -0.555. The first kappa shape index (κ1) is 23.4. The number of amides is 3. The summed E-state index contributed by atoms with van der Waals surface area (Å²) >= 11 is 0. The number of rotatable bonds is 10. The predicted octanol–water partition coefficient (Wildman–Crippen LogP) is 3.68. The van der Waals surface area contributed by atoms with Crippen LogP contribution in [0.1, 0.15) is 58.1 Å². The number of nitrogens with zero attached hydrogens (tertiary/aromatic N) is 2. The van der Waals surface area contributed by atoms with Gasteiger partial charge in [-0.15, -0.1) is 6.58 Å². The van der Waals surface area contributed by atoms with Crippen molar-refractivity contribution in [3.63, 3.8) is 0 Å². The predicted molar refractivity (Wildman–Crippen MR) is 128 cm³/mol. The molecule has 8 nitrogen and oxygen atoms in total. The van der Waals surface area contributed by atoms with Gasteiger partial charge in [-0.25, -0.2) is 0 Å². The minimum Gasteiger partial charge on any atom is -0.493 e. The molecule has 34 heavy (non-hydrogen) atoms. The van der Waals surface area contributed by atoms with Crippen molar-refractivity contribution in [2.45, 2.75) is 31.8 Å². The van der Waals surface area contributed by atoms with Crippen molar-refractivity contribution in [3.05, 3.63) is 65.7 Å². The Kier molecular flexibility index (Phi) is 6.86. The van der Waals surface area contributed by atoms with E-state index in [0.29, 0.717) is 59.8 Å². The molecule has 0 aliphatic carbocycles. The number of para-hydroxylation sites is 1. The zero-order valence-electron chi connectivity index (χ0n) is 19.5. The Morgan fingerprint density at radius 3 is 2.59 bits per heavy atom. The lowest BCUT2D eigenvalue weighted by Crippen LogP contribution is -2.48. The summed E-state index contributed by atoms with van der Waals surface area (Å²) < 4.78 is 11.0. The van der Waals surface area contributed by atoms with Crippen molar-refractivity contribution in [1.82, 2.24) is 10.2 Å². The standard InChI is InChI=1S/C26H29N3O5/c1-4-15-27-21(30)12-6-5-9-16-28-24-18-13-14-20(33-2)23(34-3)22(18)26(32)29(24)19-11-8-7-10-17(19)25(28)31/h4,7-8,10-11,13-14,24H,1,5-6,9,12,15-16H2,2-3H3,(H,27,30)/t24-/m0/s1. The molecule has 1 atom stereocenters. The van der Waals surface area contributed by atoms with Gasteiger partial charge in [-0.05, 0) is 31.0 Å². The van der Waals surface area contributed by atoms with Gasteiger partial charge in [-0.3, -0.25) is 19.3 Å². The van der Waals surface area contributed by atoms with Gasteiger partial charge in [0.1, 0.15) is 6.17 Å². The molecule has 0 aromatic heterocycles. The molecule has 3 amide bonds. The molecule has 0 spiro atoms. The highest BCUT2D eigenvalue weighted by atomic mass is 16.5. The van der Waals surface area contributed by atoms with Crippen LogP contribution in [0.3, 0.4) is 0 Å². The summed E-state index contributed by atoms with van der Waals surface area (Å²) in [7, 11) is 3.03. The number of unbranched alkanes of at least 4 members (excludes halogenated alkanes) is 2. The number of fused-ring (bicyclic) bond motifs is 5. The zero-order valence-corrected chi connectivity index (χ0v) is 19.5. The first-order valence-electron chi connectivity index (χ1n) is 11.4. The Morgan fingerprint density at radius 1 is 1.06 bits per heavy atom. The van der Waals surface area contributed by atoms with Crippen molar-refractivity contribution >= 4 is 23.4 Å². The van der Waals surface area contributed by atoms with Crippen LogP contribution in [0.15, 0.2) is 49.1 Å². The van der Waals surface area contributed by atoms with Crippen LogP contribution in [-0.4, -0.2) is 49.9 Å². The van der Waals surface area contributed by atoms with Gasteiger partial charge in [-0.2, -0.15) is 0 Å². The molecule has 2 heterocycles. The molecular weight excluding hydrogens is 434 g/mol. The van der Waals surface area contributed by atoms with Crippen molar-refractivity contribution < 1.29 is 23.9 Å². The number of hydrogen-bond donors (Lipinski definition) is 1. The Morgan fingerprint density at radius 2 is 1.85 bits per heavy atom. The highest BCUT2D eigenvalue weighted by molar-refractivity contribution is 6.18. The van der Waals surface area contributed by atoms with Crippen LogP contribution < -0.4 is 19.7 Å². The number of nitrogens with one attached hydrogen (secondary N) is 1. The van der Waals surface area contributed by atoms with Crippen LogP contribution in [0.2, 0.25) is 0 Å². The fourth-order valence-corrected chi connectivity index (χ4v) is 4.67. The molecule has 0 unspecified atom stereocenters. The van der Waals surface area contributed by atoms with E-state index >= 15 is 0 Å². The summed E-state index contributed by atoms with van der Waals surface area (Å²) in [6.45, 7) is 4.51. The molecular formula is C26H29N3O5. The van der Waals surface area contributed by atoms with Gasteiger partial charge in [0.15, 0.2) is 11.5 Å². The first-order chi connectivity index (χ1) is 16.5. The third-order valence-electron chi connectivity index (χ3n) is 6.23. The topological polar surface area (TPSA) is 88.2 Å². The highest BCUT2D eigenvalue weighted by Crippen LogP contribution is 2.49. The van der Waals surface area contributed by atoms with E-state index < -0.39 is 6.17 Å². The number of carbonyl (C=O) groups is 3. The monoisotopic (exact) mass is 463 g/mol. The number of hydrogen-bond acceptors (Lipinski definition) is 5. The molecule has 1 N–H and O–H groups in total. The van der Waals surface area contributed by atoms with Gasteiger partial charge in [0, 0.05) is 25.1 Å². The molecule has 0 saturated carbocycles. The van der Waals surface area contributed by atoms with E-state index in [1.54, 1.807) is 40.1 Å². The molecule has 2 aliphatic heterocycles. The molecule has 0 bridgehead atoms. The Balaban J connectivity index is 1.60. The van der Waals surface area contributed by atoms with Crippen LogP contribution in [0.5, 0.6) is 11.5 Å². The minimum absolute atomic E-state index is 0.00888. The summed E-state index contributed by atoms with van der Waals surface area (Å²) in [5.41, 5.74) is 2.22. The maximum atomic E-state index is 13.6. The average Bonchev–Trinajstić information content (AvgIpc) is 3.16. The van der Waals surface area contributed by atoms with Crippen LogP contribution >= 0.6 is 0 Å². The van der Waals surface area contributed by atoms with Gasteiger partial charge in [0.2, 0.25) is 5.91 Å². The quantitative estimate of drug-likeness (QED) is 0.429. The van der Waals surface area contributed by atoms with E-state index in [4.69, 9.17) is 9.47 Å². The van der Waals surface area contributed by atoms with Gasteiger partial charge in [-0.1, -0.05) is 30.7 Å². The van der Waals surface area contributed by atoms with Crippen LogP contribution in [0, 0.1) is 0 Å². The fourth-order valence-electron chi connectivity index (χ4n) is 4.67. The Hall–Kier alpha value is -3.81. The maximum absolute atomic E-state index is 13.6. The molecule has 0 saturated heterocycles. The van der Waals surface area contributed by atoms with Gasteiger partial charge >= 0.3 is 0 Å². The van der Waals surface area contributed by atoms with E-state index in [9.17, 15) is 14.4 Å². The number of methoxy groups -OCH3 is 2. The second-order valence-corrected chi connectivity index (χ2v) is 8.23. The summed E-state index contributed by atoms with van der Waals surface area (Å²) in [5, 5.41) is 2.77. The smallest absolute Gasteiger partial charge is 0.264 e. The van der Waals surface area contributed by atoms with E-state index in [1.807, 2.05) is 12.1 Å². The van der Waals surface area contributed by atoms with E-state index in [2.05, 4.69) is 11.9 Å². The summed E-state index contributed by atoms with van der Waals surface area (Å²) in [6, 6.07) is 10.8. The van der Waals surface area contributed by atoms with Crippen molar-refractivity contribution in [1.29, 1.82) is 0 Å². The van der Waals surface area contributed by atoms with Crippen LogP contribution in [0.4, 0.5) is 5.69 Å². The molecule has 8 heteroatoms. The number of anilines is 1. The molecule has 178 valence electrons. The first-order valence-corrected chi connectivity index (χ1v) is 11.4. The maximum Gasteiger partial charge on any atom is 0.264 e. The normalized spacial score (nSPS) is 16.0. The largest absolute Gasteiger partial charge is 0.493 e. The SMILES string of the molecule is C=CCNC(=O)CCCCCN1C(=O)c2ccccc2N2C(=O)c3c(ccc(OC)c3OC)[C@@H]12. The van der Waals surface area contributed by atoms with E-state index in [0.717, 1.165) is 12.8 Å².